The summed E-state index contributed by atoms with van der Waals surface area (Å²) in [6, 6.07) is 6.30. The van der Waals surface area contributed by atoms with Gasteiger partial charge in [-0.3, -0.25) is 9.59 Å². The molecular formula is C18H24FNO3. The van der Waals surface area contributed by atoms with Crippen LogP contribution in [0.2, 0.25) is 0 Å². The van der Waals surface area contributed by atoms with E-state index in [9.17, 15) is 19.1 Å². The van der Waals surface area contributed by atoms with Crippen LogP contribution < -0.4 is 0 Å². The van der Waals surface area contributed by atoms with E-state index in [4.69, 9.17) is 0 Å². The maximum atomic E-state index is 13.6. The minimum Gasteiger partial charge on any atom is -0.481 e. The van der Waals surface area contributed by atoms with Gasteiger partial charge in [0.1, 0.15) is 5.82 Å². The minimum atomic E-state index is -0.839. The van der Waals surface area contributed by atoms with Crippen LogP contribution in [-0.4, -0.2) is 34.5 Å². The van der Waals surface area contributed by atoms with E-state index < -0.39 is 11.9 Å². The molecule has 1 aliphatic rings. The number of rotatable bonds is 5. The number of amides is 1. The SMILES string of the molecule is CC(CCc1ccccc1F)C(=O)N1CCC[C@H](C(=O)O)[C@@H]1C. The van der Waals surface area contributed by atoms with Crippen molar-refractivity contribution in [2.45, 2.75) is 45.6 Å². The topological polar surface area (TPSA) is 57.6 Å². The first-order valence-electron chi connectivity index (χ1n) is 8.18. The molecular weight excluding hydrogens is 297 g/mol. The highest BCUT2D eigenvalue weighted by molar-refractivity contribution is 5.80. The lowest BCUT2D eigenvalue weighted by atomic mass is 9.88. The quantitative estimate of drug-likeness (QED) is 0.906. The molecule has 1 amide bonds. The summed E-state index contributed by atoms with van der Waals surface area (Å²) in [5, 5.41) is 9.25. The average Bonchev–Trinajstić information content (AvgIpc) is 2.53. The molecule has 4 nitrogen and oxygen atoms in total. The van der Waals surface area contributed by atoms with Gasteiger partial charge in [0.25, 0.3) is 0 Å². The van der Waals surface area contributed by atoms with E-state index in [-0.39, 0.29) is 23.7 Å². The van der Waals surface area contributed by atoms with Gasteiger partial charge in [0.05, 0.1) is 5.92 Å². The molecule has 126 valence electrons. The van der Waals surface area contributed by atoms with Gasteiger partial charge in [-0.2, -0.15) is 0 Å². The standard InChI is InChI=1S/C18H24FNO3/c1-12(9-10-14-6-3-4-8-16(14)19)17(21)20-11-5-7-15(13(20)2)18(22)23/h3-4,6,8,12-13,15H,5,7,9-11H2,1-2H3,(H,22,23)/t12?,13-,15-/m0/s1. The number of piperidine rings is 1. The highest BCUT2D eigenvalue weighted by atomic mass is 19.1. The van der Waals surface area contributed by atoms with Crippen molar-refractivity contribution in [1.82, 2.24) is 4.90 Å². The van der Waals surface area contributed by atoms with Gasteiger partial charge in [0.2, 0.25) is 5.91 Å². The van der Waals surface area contributed by atoms with E-state index in [2.05, 4.69) is 0 Å². The van der Waals surface area contributed by atoms with Gasteiger partial charge >= 0.3 is 5.97 Å². The lowest BCUT2D eigenvalue weighted by molar-refractivity contribution is -0.150. The first-order valence-corrected chi connectivity index (χ1v) is 8.18. The summed E-state index contributed by atoms with van der Waals surface area (Å²) in [4.78, 5) is 25.6. The van der Waals surface area contributed by atoms with Crippen LogP contribution in [0.1, 0.15) is 38.7 Å². The predicted molar refractivity (Wildman–Crippen MR) is 85.4 cm³/mol. The van der Waals surface area contributed by atoms with Crippen LogP contribution >= 0.6 is 0 Å². The zero-order chi connectivity index (χ0) is 17.0. The second kappa shape index (κ2) is 7.57. The van der Waals surface area contributed by atoms with E-state index in [1.807, 2.05) is 6.92 Å². The zero-order valence-corrected chi connectivity index (χ0v) is 13.7. The van der Waals surface area contributed by atoms with Crippen LogP contribution in [0.15, 0.2) is 24.3 Å². The van der Waals surface area contributed by atoms with E-state index >= 15 is 0 Å². The molecule has 5 heteroatoms. The Morgan fingerprint density at radius 1 is 1.39 bits per heavy atom. The van der Waals surface area contributed by atoms with Gasteiger partial charge in [0.15, 0.2) is 0 Å². The summed E-state index contributed by atoms with van der Waals surface area (Å²) in [6.07, 6.45) is 2.39. The van der Waals surface area contributed by atoms with Gasteiger partial charge in [-0.25, -0.2) is 4.39 Å². The van der Waals surface area contributed by atoms with Gasteiger partial charge in [-0.05, 0) is 44.2 Å². The maximum absolute atomic E-state index is 13.6. The second-order valence-electron chi connectivity index (χ2n) is 6.39. The molecule has 0 spiro atoms. The van der Waals surface area contributed by atoms with Crippen molar-refractivity contribution >= 4 is 11.9 Å². The van der Waals surface area contributed by atoms with Gasteiger partial charge in [-0.15, -0.1) is 0 Å². The Morgan fingerprint density at radius 2 is 2.09 bits per heavy atom. The molecule has 2 rings (SSSR count). The Kier molecular flexibility index (Phi) is 5.74. The third-order valence-electron chi connectivity index (χ3n) is 4.81. The van der Waals surface area contributed by atoms with Crippen LogP contribution in [0, 0.1) is 17.7 Å². The molecule has 3 atom stereocenters. The van der Waals surface area contributed by atoms with Crippen molar-refractivity contribution < 1.29 is 19.1 Å². The first kappa shape index (κ1) is 17.4. The monoisotopic (exact) mass is 321 g/mol. The van der Waals surface area contributed by atoms with Crippen molar-refractivity contribution in [3.63, 3.8) is 0 Å². The number of hydrogen-bond donors (Lipinski definition) is 1. The van der Waals surface area contributed by atoms with Crippen LogP contribution in [0.25, 0.3) is 0 Å². The van der Waals surface area contributed by atoms with Gasteiger partial charge < -0.3 is 10.0 Å². The average molecular weight is 321 g/mol. The third kappa shape index (κ3) is 4.09. The summed E-state index contributed by atoms with van der Waals surface area (Å²) in [7, 11) is 0. The Labute approximate surface area is 136 Å². The number of carboxylic acid groups (broad SMARTS) is 1. The Bertz CT molecular complexity index is 575. The fraction of sp³-hybridized carbons (Fsp3) is 0.556. The molecule has 23 heavy (non-hydrogen) atoms. The molecule has 1 saturated heterocycles. The second-order valence-corrected chi connectivity index (χ2v) is 6.39. The number of halogens is 1. The summed E-state index contributed by atoms with van der Waals surface area (Å²) in [6.45, 7) is 4.24. The predicted octanol–water partition coefficient (Wildman–Crippen LogP) is 3.11. The fourth-order valence-corrected chi connectivity index (χ4v) is 3.26. The number of carboxylic acids is 1. The maximum Gasteiger partial charge on any atom is 0.308 e. The van der Waals surface area contributed by atoms with E-state index in [0.29, 0.717) is 37.8 Å². The van der Waals surface area contributed by atoms with Crippen molar-refractivity contribution in [2.75, 3.05) is 6.54 Å². The zero-order valence-electron chi connectivity index (χ0n) is 13.7. The van der Waals surface area contributed by atoms with Gasteiger partial charge in [0, 0.05) is 18.5 Å². The minimum absolute atomic E-state index is 0.0280. The molecule has 1 aliphatic heterocycles. The third-order valence-corrected chi connectivity index (χ3v) is 4.81. The number of hydrogen-bond acceptors (Lipinski definition) is 2. The summed E-state index contributed by atoms with van der Waals surface area (Å²) in [5.74, 6) is -1.85. The molecule has 1 N–H and O–H groups in total. The molecule has 0 saturated carbocycles. The molecule has 1 unspecified atom stereocenters. The van der Waals surface area contributed by atoms with E-state index in [0.717, 1.165) is 0 Å². The lowest BCUT2D eigenvalue weighted by Gasteiger charge is -2.39. The number of benzene rings is 1. The molecule has 0 radical (unpaired) electrons. The van der Waals surface area contributed by atoms with Crippen LogP contribution in [0.3, 0.4) is 0 Å². The van der Waals surface area contributed by atoms with Crippen LogP contribution in [0.4, 0.5) is 4.39 Å². The van der Waals surface area contributed by atoms with Crippen molar-refractivity contribution in [3.05, 3.63) is 35.6 Å². The fourth-order valence-electron chi connectivity index (χ4n) is 3.26. The summed E-state index contributed by atoms with van der Waals surface area (Å²) in [5.41, 5.74) is 0.613. The molecule has 1 heterocycles. The molecule has 1 aromatic rings. The number of likely N-dealkylation sites (tertiary alicyclic amines) is 1. The van der Waals surface area contributed by atoms with Crippen LogP contribution in [0.5, 0.6) is 0 Å². The van der Waals surface area contributed by atoms with Crippen LogP contribution in [-0.2, 0) is 16.0 Å². The highest BCUT2D eigenvalue weighted by Gasteiger charge is 2.36. The molecule has 1 fully saturated rings. The normalized spacial score (nSPS) is 22.7. The molecule has 0 aromatic heterocycles. The Hall–Kier alpha value is -1.91. The molecule has 1 aromatic carbocycles. The van der Waals surface area contributed by atoms with E-state index in [1.54, 1.807) is 30.0 Å². The Balaban J connectivity index is 1.96. The number of aryl methyl sites for hydroxylation is 1. The molecule has 0 bridgehead atoms. The Morgan fingerprint density at radius 3 is 2.74 bits per heavy atom. The number of carbonyl (C=O) groups excluding carboxylic acids is 1. The van der Waals surface area contributed by atoms with Crippen molar-refractivity contribution in [2.24, 2.45) is 11.8 Å². The van der Waals surface area contributed by atoms with Gasteiger partial charge in [-0.1, -0.05) is 25.1 Å². The number of carbonyl (C=O) groups is 2. The van der Waals surface area contributed by atoms with E-state index in [1.165, 1.54) is 6.07 Å². The lowest BCUT2D eigenvalue weighted by Crippen LogP contribution is -2.50. The van der Waals surface area contributed by atoms with Crippen molar-refractivity contribution in [3.8, 4) is 0 Å². The molecule has 0 aliphatic carbocycles. The largest absolute Gasteiger partial charge is 0.481 e. The highest BCUT2D eigenvalue weighted by Crippen LogP contribution is 2.26. The van der Waals surface area contributed by atoms with Crippen molar-refractivity contribution in [1.29, 1.82) is 0 Å². The number of aliphatic carboxylic acids is 1. The smallest absolute Gasteiger partial charge is 0.308 e. The summed E-state index contributed by atoms with van der Waals surface area (Å²) >= 11 is 0. The summed E-state index contributed by atoms with van der Waals surface area (Å²) < 4.78 is 13.6. The first-order chi connectivity index (χ1) is 10.9. The number of nitrogens with zero attached hydrogens (tertiary/aromatic N) is 1.